The number of halogens is 1. The highest BCUT2D eigenvalue weighted by Gasteiger charge is 2.36. The summed E-state index contributed by atoms with van der Waals surface area (Å²) in [4.78, 5) is 27.2. The van der Waals surface area contributed by atoms with Crippen molar-refractivity contribution in [3.05, 3.63) is 112 Å². The maximum atomic E-state index is 13.0. The average molecular weight is 485 g/mol. The standard InChI is InChI=1S/C28H21ClN2O2S/c1-18-15-22(16-26-27(32)31(28(33)34-26)25-10-6-9-23(29)17-25)19(2)30(18)24-13-11-21(12-14-24)20-7-4-3-5-8-20/h3-17H,1-2H3/b26-16-. The summed E-state index contributed by atoms with van der Waals surface area (Å²) in [6.07, 6.45) is 1.80. The number of hydrogen-bond acceptors (Lipinski definition) is 3. The Morgan fingerprint density at radius 3 is 2.21 bits per heavy atom. The molecule has 2 amide bonds. The first kappa shape index (κ1) is 22.3. The second kappa shape index (κ2) is 9.01. The number of imide groups is 1. The van der Waals surface area contributed by atoms with Crippen LogP contribution in [0, 0.1) is 13.8 Å². The van der Waals surface area contributed by atoms with E-state index >= 15 is 0 Å². The van der Waals surface area contributed by atoms with Gasteiger partial charge >= 0.3 is 0 Å². The third-order valence-electron chi connectivity index (χ3n) is 5.85. The normalized spacial score (nSPS) is 14.9. The van der Waals surface area contributed by atoms with Gasteiger partial charge in [0, 0.05) is 22.1 Å². The molecule has 0 atom stereocenters. The van der Waals surface area contributed by atoms with Crippen molar-refractivity contribution in [2.24, 2.45) is 0 Å². The van der Waals surface area contributed by atoms with Crippen LogP contribution in [0.1, 0.15) is 17.0 Å². The number of hydrogen-bond donors (Lipinski definition) is 0. The Labute approximate surface area is 207 Å². The zero-order chi connectivity index (χ0) is 23.8. The van der Waals surface area contributed by atoms with E-state index in [-0.39, 0.29) is 11.1 Å². The zero-order valence-electron chi connectivity index (χ0n) is 18.7. The summed E-state index contributed by atoms with van der Waals surface area (Å²) in [7, 11) is 0. The summed E-state index contributed by atoms with van der Waals surface area (Å²) in [6.45, 7) is 4.05. The molecule has 0 saturated carbocycles. The number of thioether (sulfide) groups is 1. The topological polar surface area (TPSA) is 42.3 Å². The lowest BCUT2D eigenvalue weighted by atomic mass is 10.1. The van der Waals surface area contributed by atoms with Gasteiger partial charge < -0.3 is 4.57 Å². The molecule has 168 valence electrons. The van der Waals surface area contributed by atoms with Gasteiger partial charge in [0.2, 0.25) is 0 Å². The van der Waals surface area contributed by atoms with Crippen LogP contribution >= 0.6 is 23.4 Å². The van der Waals surface area contributed by atoms with Gasteiger partial charge in [-0.2, -0.15) is 0 Å². The first-order chi connectivity index (χ1) is 16.4. The number of rotatable bonds is 4. The van der Waals surface area contributed by atoms with Crippen molar-refractivity contribution >= 4 is 46.3 Å². The Hall–Kier alpha value is -3.54. The summed E-state index contributed by atoms with van der Waals surface area (Å²) in [5.41, 5.74) is 6.79. The van der Waals surface area contributed by atoms with Gasteiger partial charge in [0.1, 0.15) is 0 Å². The molecular formula is C28H21ClN2O2S. The van der Waals surface area contributed by atoms with Crippen LogP contribution in [0.2, 0.25) is 5.02 Å². The quantitative estimate of drug-likeness (QED) is 0.279. The summed E-state index contributed by atoms with van der Waals surface area (Å²) in [6, 6.07) is 27.5. The molecule has 0 unspecified atom stereocenters. The molecule has 0 radical (unpaired) electrons. The fourth-order valence-electron chi connectivity index (χ4n) is 4.21. The second-order valence-corrected chi connectivity index (χ2v) is 9.50. The Bertz CT molecular complexity index is 1440. The Balaban J connectivity index is 1.45. The minimum atomic E-state index is -0.339. The van der Waals surface area contributed by atoms with Crippen LogP contribution in [-0.4, -0.2) is 15.7 Å². The monoisotopic (exact) mass is 484 g/mol. The van der Waals surface area contributed by atoms with Crippen LogP contribution in [0.15, 0.2) is 89.8 Å². The fraction of sp³-hybridized carbons (Fsp3) is 0.0714. The highest BCUT2D eigenvalue weighted by atomic mass is 35.5. The molecule has 1 fully saturated rings. The van der Waals surface area contributed by atoms with Crippen LogP contribution in [0.5, 0.6) is 0 Å². The lowest BCUT2D eigenvalue weighted by Gasteiger charge is -2.12. The smallest absolute Gasteiger partial charge is 0.298 e. The van der Waals surface area contributed by atoms with E-state index in [0.29, 0.717) is 15.6 Å². The van der Waals surface area contributed by atoms with Crippen LogP contribution in [-0.2, 0) is 4.79 Å². The second-order valence-electron chi connectivity index (χ2n) is 8.07. The number of carbonyl (C=O) groups excluding carboxylic acids is 2. The highest BCUT2D eigenvalue weighted by molar-refractivity contribution is 8.19. The number of aryl methyl sites for hydroxylation is 1. The molecule has 34 heavy (non-hydrogen) atoms. The van der Waals surface area contributed by atoms with E-state index in [2.05, 4.69) is 41.0 Å². The van der Waals surface area contributed by atoms with E-state index in [9.17, 15) is 9.59 Å². The molecule has 6 heteroatoms. The van der Waals surface area contributed by atoms with Crippen molar-refractivity contribution in [2.75, 3.05) is 4.90 Å². The number of benzene rings is 3. The highest BCUT2D eigenvalue weighted by Crippen LogP contribution is 2.37. The molecule has 3 aromatic carbocycles. The van der Waals surface area contributed by atoms with Crippen molar-refractivity contribution in [3.63, 3.8) is 0 Å². The summed E-state index contributed by atoms with van der Waals surface area (Å²) in [5.74, 6) is -0.339. The molecule has 0 bridgehead atoms. The average Bonchev–Trinajstić information content (AvgIpc) is 3.28. The van der Waals surface area contributed by atoms with E-state index in [4.69, 9.17) is 11.6 Å². The Morgan fingerprint density at radius 1 is 0.794 bits per heavy atom. The molecule has 0 N–H and O–H groups in total. The first-order valence-corrected chi connectivity index (χ1v) is 12.0. The van der Waals surface area contributed by atoms with Gasteiger partial charge in [0.05, 0.1) is 10.6 Å². The zero-order valence-corrected chi connectivity index (χ0v) is 20.2. The molecular weight excluding hydrogens is 464 g/mol. The van der Waals surface area contributed by atoms with E-state index in [1.54, 1.807) is 30.3 Å². The molecule has 4 nitrogen and oxygen atoms in total. The molecule has 0 aliphatic carbocycles. The molecule has 0 spiro atoms. The largest absolute Gasteiger partial charge is 0.318 e. The summed E-state index contributed by atoms with van der Waals surface area (Å²) >= 11 is 7.00. The van der Waals surface area contributed by atoms with Crippen LogP contribution in [0.4, 0.5) is 10.5 Å². The third kappa shape index (κ3) is 4.09. The molecule has 1 saturated heterocycles. The SMILES string of the molecule is Cc1cc(/C=C2\SC(=O)N(c3cccc(Cl)c3)C2=O)c(C)n1-c1ccc(-c2ccccc2)cc1. The van der Waals surface area contributed by atoms with Gasteiger partial charge in [-0.1, -0.05) is 60.1 Å². The summed E-state index contributed by atoms with van der Waals surface area (Å²) in [5, 5.41) is 0.145. The van der Waals surface area contributed by atoms with E-state index < -0.39 is 0 Å². The minimum Gasteiger partial charge on any atom is -0.318 e. The molecule has 1 aliphatic rings. The van der Waals surface area contributed by atoms with Crippen LogP contribution in [0.3, 0.4) is 0 Å². The maximum absolute atomic E-state index is 13.0. The predicted molar refractivity (Wildman–Crippen MR) is 141 cm³/mol. The Morgan fingerprint density at radius 2 is 1.50 bits per heavy atom. The van der Waals surface area contributed by atoms with Crippen molar-refractivity contribution in [2.45, 2.75) is 13.8 Å². The number of nitrogens with zero attached hydrogens (tertiary/aromatic N) is 2. The van der Waals surface area contributed by atoms with Gasteiger partial charge in [0.15, 0.2) is 0 Å². The molecule has 4 aromatic rings. The van der Waals surface area contributed by atoms with Gasteiger partial charge in [-0.25, -0.2) is 4.90 Å². The van der Waals surface area contributed by atoms with Gasteiger partial charge in [-0.3, -0.25) is 9.59 Å². The Kier molecular flexibility index (Phi) is 5.90. The molecule has 5 rings (SSSR count). The third-order valence-corrected chi connectivity index (χ3v) is 6.95. The molecule has 1 aromatic heterocycles. The molecule has 2 heterocycles. The number of anilines is 1. The number of carbonyl (C=O) groups is 2. The summed E-state index contributed by atoms with van der Waals surface area (Å²) < 4.78 is 2.15. The lowest BCUT2D eigenvalue weighted by molar-refractivity contribution is -0.113. The first-order valence-electron chi connectivity index (χ1n) is 10.8. The van der Waals surface area contributed by atoms with Crippen molar-refractivity contribution in [1.82, 2.24) is 4.57 Å². The van der Waals surface area contributed by atoms with E-state index in [0.717, 1.165) is 40.0 Å². The van der Waals surface area contributed by atoms with Crippen molar-refractivity contribution < 1.29 is 9.59 Å². The lowest BCUT2D eigenvalue weighted by Crippen LogP contribution is -2.27. The van der Waals surface area contributed by atoms with E-state index in [1.807, 2.05) is 38.1 Å². The minimum absolute atomic E-state index is 0.330. The number of aromatic nitrogens is 1. The van der Waals surface area contributed by atoms with Crippen molar-refractivity contribution in [3.8, 4) is 16.8 Å². The predicted octanol–water partition coefficient (Wildman–Crippen LogP) is 7.66. The maximum Gasteiger partial charge on any atom is 0.298 e. The van der Waals surface area contributed by atoms with E-state index in [1.165, 1.54) is 10.5 Å². The van der Waals surface area contributed by atoms with Gasteiger partial charge in [0.25, 0.3) is 11.1 Å². The van der Waals surface area contributed by atoms with Crippen LogP contribution in [0.25, 0.3) is 22.9 Å². The van der Waals surface area contributed by atoms with Gasteiger partial charge in [-0.05, 0) is 84.8 Å². The molecule has 1 aliphatic heterocycles. The van der Waals surface area contributed by atoms with Crippen molar-refractivity contribution in [1.29, 1.82) is 0 Å². The van der Waals surface area contributed by atoms with Crippen LogP contribution < -0.4 is 4.90 Å². The number of amides is 2. The van der Waals surface area contributed by atoms with Gasteiger partial charge in [-0.15, -0.1) is 0 Å². The fourth-order valence-corrected chi connectivity index (χ4v) is 5.23.